The molecule has 1 amide bonds. The first-order valence-corrected chi connectivity index (χ1v) is 12.2. The van der Waals surface area contributed by atoms with E-state index in [1.165, 1.54) is 27.6 Å². The van der Waals surface area contributed by atoms with Crippen molar-refractivity contribution in [3.8, 4) is 5.75 Å². The third-order valence-corrected chi connectivity index (χ3v) is 6.98. The monoisotopic (exact) mass is 452 g/mol. The minimum atomic E-state index is 0.137. The van der Waals surface area contributed by atoms with Crippen molar-refractivity contribution >= 4 is 16.8 Å². The number of hydrogen-bond donors (Lipinski definition) is 0. The number of carbonyl (C=O) groups is 1. The van der Waals surface area contributed by atoms with Crippen molar-refractivity contribution in [1.29, 1.82) is 0 Å². The number of hydrogen-bond acceptors (Lipinski definition) is 2. The maximum absolute atomic E-state index is 13.2. The van der Waals surface area contributed by atoms with Crippen molar-refractivity contribution in [3.05, 3.63) is 102 Å². The molecular weight excluding hydrogens is 420 g/mol. The van der Waals surface area contributed by atoms with Gasteiger partial charge in [-0.25, -0.2) is 0 Å². The smallest absolute Gasteiger partial charge is 0.223 e. The summed E-state index contributed by atoms with van der Waals surface area (Å²) in [4.78, 5) is 15.3. The van der Waals surface area contributed by atoms with E-state index in [0.717, 1.165) is 44.6 Å². The lowest BCUT2D eigenvalue weighted by Gasteiger charge is -2.21. The van der Waals surface area contributed by atoms with Crippen LogP contribution in [0.5, 0.6) is 5.75 Å². The fourth-order valence-corrected chi connectivity index (χ4v) is 5.16. The van der Waals surface area contributed by atoms with E-state index >= 15 is 0 Å². The summed E-state index contributed by atoms with van der Waals surface area (Å²) < 4.78 is 7.64. The van der Waals surface area contributed by atoms with Crippen molar-refractivity contribution in [2.24, 2.45) is 0 Å². The quantitative estimate of drug-likeness (QED) is 0.327. The Labute approximate surface area is 201 Å². The molecule has 0 aliphatic carbocycles. The van der Waals surface area contributed by atoms with Gasteiger partial charge in [-0.2, -0.15) is 0 Å². The van der Waals surface area contributed by atoms with Crippen LogP contribution < -0.4 is 4.74 Å². The van der Waals surface area contributed by atoms with Crippen molar-refractivity contribution in [3.63, 3.8) is 0 Å². The third kappa shape index (κ3) is 4.86. The fourth-order valence-electron chi connectivity index (χ4n) is 5.16. The van der Waals surface area contributed by atoms with E-state index in [0.29, 0.717) is 6.42 Å². The van der Waals surface area contributed by atoms with Crippen molar-refractivity contribution in [2.45, 2.75) is 38.1 Å². The number of amides is 1. The van der Waals surface area contributed by atoms with Crippen LogP contribution in [0.3, 0.4) is 0 Å². The summed E-state index contributed by atoms with van der Waals surface area (Å²) in [6.45, 7) is 2.58. The maximum atomic E-state index is 13.2. The summed E-state index contributed by atoms with van der Waals surface area (Å²) in [6.07, 6.45) is 5.93. The molecule has 34 heavy (non-hydrogen) atoms. The Morgan fingerprint density at radius 2 is 1.59 bits per heavy atom. The van der Waals surface area contributed by atoms with Gasteiger partial charge >= 0.3 is 0 Å². The third-order valence-electron chi connectivity index (χ3n) is 6.98. The van der Waals surface area contributed by atoms with E-state index in [-0.39, 0.29) is 11.8 Å². The highest BCUT2D eigenvalue weighted by Gasteiger charge is 2.25. The van der Waals surface area contributed by atoms with E-state index in [9.17, 15) is 4.79 Å². The average molecular weight is 453 g/mol. The Hall–Kier alpha value is -3.53. The van der Waals surface area contributed by atoms with Crippen LogP contribution in [0.2, 0.25) is 0 Å². The van der Waals surface area contributed by atoms with Gasteiger partial charge in [0.05, 0.1) is 7.11 Å². The fraction of sp³-hybridized carbons (Fsp3) is 0.300. The lowest BCUT2D eigenvalue weighted by Crippen LogP contribution is -2.29. The van der Waals surface area contributed by atoms with E-state index < -0.39 is 0 Å². The molecule has 1 aromatic heterocycles. The molecule has 1 atom stereocenters. The van der Waals surface area contributed by atoms with E-state index in [1.807, 2.05) is 12.1 Å². The summed E-state index contributed by atoms with van der Waals surface area (Å²) in [6, 6.07) is 27.4. The minimum absolute atomic E-state index is 0.137. The molecule has 4 heteroatoms. The molecule has 5 rings (SSSR count). The molecule has 3 aromatic carbocycles. The van der Waals surface area contributed by atoms with Gasteiger partial charge in [0, 0.05) is 43.2 Å². The number of para-hydroxylation sites is 1. The molecule has 0 radical (unpaired) electrons. The average Bonchev–Trinajstić information content (AvgIpc) is 3.54. The maximum Gasteiger partial charge on any atom is 0.223 e. The normalized spacial score (nSPS) is 14.4. The van der Waals surface area contributed by atoms with Gasteiger partial charge in [0.1, 0.15) is 5.75 Å². The second-order valence-electron chi connectivity index (χ2n) is 9.26. The first kappa shape index (κ1) is 22.3. The number of rotatable bonds is 8. The number of likely N-dealkylation sites (tertiary alicyclic amines) is 1. The predicted octanol–water partition coefficient (Wildman–Crippen LogP) is 6.04. The van der Waals surface area contributed by atoms with Crippen molar-refractivity contribution < 1.29 is 9.53 Å². The molecule has 1 fully saturated rings. The standard InChI is InChI=1S/C30H32N2O2/c1-34-26-15-13-24(14-16-26)21-32-22-28(27-11-5-6-12-29(27)32)25(19-23-9-3-2-4-10-23)20-30(33)31-17-7-8-18-31/h2-6,9-16,22,25H,7-8,17-21H2,1H3/t25-/m0/s1. The van der Waals surface area contributed by atoms with Gasteiger partial charge in [0.25, 0.3) is 0 Å². The highest BCUT2D eigenvalue weighted by atomic mass is 16.5. The van der Waals surface area contributed by atoms with Crippen molar-refractivity contribution in [2.75, 3.05) is 20.2 Å². The highest BCUT2D eigenvalue weighted by Crippen LogP contribution is 2.34. The zero-order valence-electron chi connectivity index (χ0n) is 19.8. The number of nitrogens with zero attached hydrogens (tertiary/aromatic N) is 2. The summed E-state index contributed by atoms with van der Waals surface area (Å²) >= 11 is 0. The van der Waals surface area contributed by atoms with Crippen LogP contribution in [-0.2, 0) is 17.8 Å². The first-order chi connectivity index (χ1) is 16.7. The number of methoxy groups -OCH3 is 1. The molecule has 4 nitrogen and oxygen atoms in total. The van der Waals surface area contributed by atoms with Gasteiger partial charge in [-0.1, -0.05) is 60.7 Å². The number of aromatic nitrogens is 1. The van der Waals surface area contributed by atoms with Crippen LogP contribution in [-0.4, -0.2) is 35.6 Å². The molecule has 0 spiro atoms. The molecule has 174 valence electrons. The van der Waals surface area contributed by atoms with Crippen LogP contribution in [0.1, 0.15) is 41.9 Å². The Kier molecular flexibility index (Phi) is 6.66. The van der Waals surface area contributed by atoms with Crippen LogP contribution in [0.4, 0.5) is 0 Å². The molecule has 1 aliphatic heterocycles. The summed E-state index contributed by atoms with van der Waals surface area (Å²) in [5, 5.41) is 1.24. The Bertz CT molecular complexity index is 1240. The Morgan fingerprint density at radius 1 is 0.882 bits per heavy atom. The molecule has 1 saturated heterocycles. The summed E-state index contributed by atoms with van der Waals surface area (Å²) in [7, 11) is 1.69. The van der Waals surface area contributed by atoms with E-state index in [1.54, 1.807) is 7.11 Å². The molecule has 0 N–H and O–H groups in total. The molecule has 0 bridgehead atoms. The van der Waals surface area contributed by atoms with Crippen molar-refractivity contribution in [1.82, 2.24) is 9.47 Å². The second kappa shape index (κ2) is 10.2. The molecule has 0 saturated carbocycles. The van der Waals surface area contributed by atoms with Crippen LogP contribution >= 0.6 is 0 Å². The second-order valence-corrected chi connectivity index (χ2v) is 9.26. The van der Waals surface area contributed by atoms with Crippen LogP contribution in [0.25, 0.3) is 10.9 Å². The Balaban J connectivity index is 1.50. The summed E-state index contributed by atoms with van der Waals surface area (Å²) in [5.74, 6) is 1.29. The van der Waals surface area contributed by atoms with Crippen LogP contribution in [0, 0.1) is 0 Å². The van der Waals surface area contributed by atoms with Gasteiger partial charge in [0.2, 0.25) is 5.91 Å². The molecular formula is C30H32N2O2. The lowest BCUT2D eigenvalue weighted by molar-refractivity contribution is -0.130. The zero-order chi connectivity index (χ0) is 23.3. The van der Waals surface area contributed by atoms with E-state index in [2.05, 4.69) is 82.4 Å². The van der Waals surface area contributed by atoms with Gasteiger partial charge in [-0.05, 0) is 60.1 Å². The summed E-state index contributed by atoms with van der Waals surface area (Å²) in [5.41, 5.74) is 4.97. The van der Waals surface area contributed by atoms with E-state index in [4.69, 9.17) is 4.74 Å². The number of benzene rings is 3. The topological polar surface area (TPSA) is 34.5 Å². The van der Waals surface area contributed by atoms with Gasteiger partial charge < -0.3 is 14.2 Å². The molecule has 0 unspecified atom stereocenters. The number of carbonyl (C=O) groups excluding carboxylic acids is 1. The molecule has 2 heterocycles. The largest absolute Gasteiger partial charge is 0.497 e. The number of fused-ring (bicyclic) bond motifs is 1. The molecule has 4 aromatic rings. The lowest BCUT2D eigenvalue weighted by atomic mass is 9.88. The zero-order valence-corrected chi connectivity index (χ0v) is 19.8. The Morgan fingerprint density at radius 3 is 2.32 bits per heavy atom. The number of ether oxygens (including phenoxy) is 1. The van der Waals surface area contributed by atoms with Gasteiger partial charge in [-0.15, -0.1) is 0 Å². The predicted molar refractivity (Wildman–Crippen MR) is 137 cm³/mol. The molecule has 1 aliphatic rings. The van der Waals surface area contributed by atoms with Gasteiger partial charge in [-0.3, -0.25) is 4.79 Å². The minimum Gasteiger partial charge on any atom is -0.497 e. The highest BCUT2D eigenvalue weighted by molar-refractivity contribution is 5.86. The van der Waals surface area contributed by atoms with Crippen LogP contribution in [0.15, 0.2) is 85.1 Å². The van der Waals surface area contributed by atoms with Gasteiger partial charge in [0.15, 0.2) is 0 Å². The SMILES string of the molecule is COc1ccc(Cn2cc([C@H](CC(=O)N3CCCC3)Cc3ccccc3)c3ccccc32)cc1. The first-order valence-electron chi connectivity index (χ1n) is 12.2.